The highest BCUT2D eigenvalue weighted by molar-refractivity contribution is 9.10. The fraction of sp³-hybridized carbons (Fsp3) is 0.345. The predicted molar refractivity (Wildman–Crippen MR) is 147 cm³/mol. The molecule has 0 aliphatic carbocycles. The lowest BCUT2D eigenvalue weighted by Gasteiger charge is -2.30. The van der Waals surface area contributed by atoms with E-state index < -0.39 is 6.04 Å². The van der Waals surface area contributed by atoms with Crippen LogP contribution in [0.5, 0.6) is 0 Å². The first-order chi connectivity index (χ1) is 17.3. The second-order valence-electron chi connectivity index (χ2n) is 9.38. The Labute approximate surface area is 220 Å². The maximum Gasteiger partial charge on any atom is 0.258 e. The van der Waals surface area contributed by atoms with Crippen molar-refractivity contribution in [3.05, 3.63) is 76.3 Å². The molecule has 1 N–H and O–H groups in total. The molecule has 0 saturated heterocycles. The monoisotopic (exact) mass is 549 g/mol. The minimum absolute atomic E-state index is 0.0257. The summed E-state index contributed by atoms with van der Waals surface area (Å²) in [4.78, 5) is 42.8. The van der Waals surface area contributed by atoms with Gasteiger partial charge in [-0.25, -0.2) is 0 Å². The van der Waals surface area contributed by atoms with Crippen LogP contribution in [0.1, 0.15) is 56.0 Å². The van der Waals surface area contributed by atoms with Crippen molar-refractivity contribution < 1.29 is 14.4 Å². The van der Waals surface area contributed by atoms with Crippen molar-refractivity contribution in [3.63, 3.8) is 0 Å². The normalized spacial score (nSPS) is 14.1. The van der Waals surface area contributed by atoms with Crippen molar-refractivity contribution in [2.24, 2.45) is 0 Å². The van der Waals surface area contributed by atoms with Gasteiger partial charge in [0.1, 0.15) is 6.04 Å². The third-order valence-corrected chi connectivity index (χ3v) is 7.38. The smallest absolute Gasteiger partial charge is 0.258 e. The number of benzene rings is 3. The second-order valence-corrected chi connectivity index (χ2v) is 10.3. The highest BCUT2D eigenvalue weighted by atomic mass is 79.9. The Morgan fingerprint density at radius 1 is 1.03 bits per heavy atom. The summed E-state index contributed by atoms with van der Waals surface area (Å²) in [6.07, 6.45) is 1.57. The van der Waals surface area contributed by atoms with Gasteiger partial charge < -0.3 is 15.1 Å². The summed E-state index contributed by atoms with van der Waals surface area (Å²) in [5.41, 5.74) is 2.56. The summed E-state index contributed by atoms with van der Waals surface area (Å²) in [5.74, 6) is -0.291. The zero-order valence-corrected chi connectivity index (χ0v) is 22.5. The van der Waals surface area contributed by atoms with E-state index in [4.69, 9.17) is 0 Å². The van der Waals surface area contributed by atoms with Gasteiger partial charge in [0.15, 0.2) is 0 Å². The standard InChI is InChI=1S/C29H32BrN3O3/c1-4-19(2)31-28(35)20(3)33(18-21-13-15-23(30)16-14-21)26(34)12-7-17-32-25-11-6-9-22-8-5-10-24(27(22)25)29(32)36/h5-6,8-11,13-16,19-20H,4,7,12,17-18H2,1-3H3,(H,31,35)/t19-,20+/m1/s1. The maximum absolute atomic E-state index is 13.4. The van der Waals surface area contributed by atoms with Crippen LogP contribution >= 0.6 is 15.9 Å². The van der Waals surface area contributed by atoms with Gasteiger partial charge in [-0.15, -0.1) is 0 Å². The number of carbonyl (C=O) groups is 3. The molecule has 0 bridgehead atoms. The van der Waals surface area contributed by atoms with E-state index in [2.05, 4.69) is 21.2 Å². The molecule has 1 aliphatic heterocycles. The van der Waals surface area contributed by atoms with E-state index in [0.29, 0.717) is 25.1 Å². The van der Waals surface area contributed by atoms with Crippen LogP contribution < -0.4 is 10.2 Å². The van der Waals surface area contributed by atoms with E-state index in [1.54, 1.807) is 16.7 Å². The number of hydrogen-bond donors (Lipinski definition) is 1. The fourth-order valence-corrected chi connectivity index (χ4v) is 4.83. The maximum atomic E-state index is 13.4. The molecule has 7 heteroatoms. The van der Waals surface area contributed by atoms with Gasteiger partial charge in [0.2, 0.25) is 11.8 Å². The molecule has 3 aromatic rings. The van der Waals surface area contributed by atoms with E-state index in [1.165, 1.54) is 0 Å². The molecule has 0 fully saturated rings. The molecule has 0 saturated carbocycles. The number of anilines is 1. The zero-order valence-electron chi connectivity index (χ0n) is 21.0. The van der Waals surface area contributed by atoms with Crippen molar-refractivity contribution in [2.45, 2.75) is 58.7 Å². The molecule has 1 heterocycles. The Bertz CT molecular complexity index is 1270. The molecule has 3 amide bonds. The summed E-state index contributed by atoms with van der Waals surface area (Å²) in [6, 6.07) is 18.9. The van der Waals surface area contributed by atoms with Gasteiger partial charge in [0.25, 0.3) is 5.91 Å². The molecule has 36 heavy (non-hydrogen) atoms. The molecule has 188 valence electrons. The number of hydrogen-bond acceptors (Lipinski definition) is 3. The lowest BCUT2D eigenvalue weighted by Crippen LogP contribution is -2.49. The molecule has 0 aromatic heterocycles. The average Bonchev–Trinajstić information content (AvgIpc) is 3.15. The van der Waals surface area contributed by atoms with Gasteiger partial charge in [0.05, 0.1) is 5.69 Å². The van der Waals surface area contributed by atoms with Crippen LogP contribution in [0.4, 0.5) is 5.69 Å². The van der Waals surface area contributed by atoms with Crippen molar-refractivity contribution in [2.75, 3.05) is 11.4 Å². The van der Waals surface area contributed by atoms with Crippen LogP contribution in [0.25, 0.3) is 10.8 Å². The van der Waals surface area contributed by atoms with Crippen LogP contribution in [-0.4, -0.2) is 41.2 Å². The molecule has 2 atom stereocenters. The van der Waals surface area contributed by atoms with E-state index in [9.17, 15) is 14.4 Å². The van der Waals surface area contributed by atoms with Crippen LogP contribution in [-0.2, 0) is 16.1 Å². The van der Waals surface area contributed by atoms with Gasteiger partial charge in [0, 0.05) is 41.0 Å². The summed E-state index contributed by atoms with van der Waals surface area (Å²) >= 11 is 3.44. The van der Waals surface area contributed by atoms with Crippen molar-refractivity contribution in [3.8, 4) is 0 Å². The van der Waals surface area contributed by atoms with Crippen LogP contribution in [0, 0.1) is 0 Å². The number of amides is 3. The van der Waals surface area contributed by atoms with Crippen LogP contribution in [0.3, 0.4) is 0 Å². The van der Waals surface area contributed by atoms with Crippen molar-refractivity contribution in [1.82, 2.24) is 10.2 Å². The van der Waals surface area contributed by atoms with E-state index >= 15 is 0 Å². The van der Waals surface area contributed by atoms with Crippen LogP contribution in [0.2, 0.25) is 0 Å². The first-order valence-corrected chi connectivity index (χ1v) is 13.3. The Hall–Kier alpha value is -3.19. The van der Waals surface area contributed by atoms with Gasteiger partial charge in [-0.05, 0) is 61.9 Å². The summed E-state index contributed by atoms with van der Waals surface area (Å²) in [6.45, 7) is 6.53. The van der Waals surface area contributed by atoms with E-state index in [-0.39, 0.29) is 30.2 Å². The number of carbonyl (C=O) groups excluding carboxylic acids is 3. The highest BCUT2D eigenvalue weighted by Crippen LogP contribution is 2.37. The Balaban J connectivity index is 1.46. The largest absolute Gasteiger partial charge is 0.352 e. The molecule has 3 aromatic carbocycles. The molecule has 6 nitrogen and oxygen atoms in total. The quantitative estimate of drug-likeness (QED) is 0.354. The van der Waals surface area contributed by atoms with E-state index in [1.807, 2.05) is 74.5 Å². The number of rotatable bonds is 10. The Kier molecular flexibility index (Phi) is 8.09. The number of nitrogens with zero attached hydrogens (tertiary/aromatic N) is 2. The predicted octanol–water partition coefficient (Wildman–Crippen LogP) is 5.67. The second kappa shape index (κ2) is 11.2. The lowest BCUT2D eigenvalue weighted by molar-refractivity contribution is -0.140. The SMILES string of the molecule is CC[C@@H](C)NC(=O)[C@H](C)N(Cc1ccc(Br)cc1)C(=O)CCCN1C(=O)c2cccc3cccc1c23. The third-order valence-electron chi connectivity index (χ3n) is 6.86. The summed E-state index contributed by atoms with van der Waals surface area (Å²) in [5, 5.41) is 5.01. The van der Waals surface area contributed by atoms with E-state index in [0.717, 1.165) is 32.9 Å². The van der Waals surface area contributed by atoms with Gasteiger partial charge in [-0.1, -0.05) is 59.3 Å². The molecule has 0 spiro atoms. The zero-order chi connectivity index (χ0) is 25.8. The van der Waals surface area contributed by atoms with Gasteiger partial charge in [-0.2, -0.15) is 0 Å². The van der Waals surface area contributed by atoms with Gasteiger partial charge >= 0.3 is 0 Å². The molecule has 1 aliphatic rings. The molecular formula is C29H32BrN3O3. The number of halogens is 1. The summed E-state index contributed by atoms with van der Waals surface area (Å²) < 4.78 is 0.956. The molecule has 0 unspecified atom stereocenters. The molecular weight excluding hydrogens is 518 g/mol. The van der Waals surface area contributed by atoms with Crippen molar-refractivity contribution in [1.29, 1.82) is 0 Å². The highest BCUT2D eigenvalue weighted by Gasteiger charge is 2.30. The van der Waals surface area contributed by atoms with Crippen LogP contribution in [0.15, 0.2) is 65.1 Å². The first kappa shape index (κ1) is 25.9. The Morgan fingerprint density at radius 2 is 1.72 bits per heavy atom. The van der Waals surface area contributed by atoms with Crippen molar-refractivity contribution >= 4 is 50.1 Å². The minimum Gasteiger partial charge on any atom is -0.352 e. The molecule has 0 radical (unpaired) electrons. The first-order valence-electron chi connectivity index (χ1n) is 12.5. The topological polar surface area (TPSA) is 69.7 Å². The third kappa shape index (κ3) is 5.46. The minimum atomic E-state index is -0.610. The fourth-order valence-electron chi connectivity index (χ4n) is 4.57. The lowest BCUT2D eigenvalue weighted by atomic mass is 10.1. The number of nitrogens with one attached hydrogen (secondary N) is 1. The average molecular weight is 550 g/mol. The molecule has 4 rings (SSSR count). The van der Waals surface area contributed by atoms with Gasteiger partial charge in [-0.3, -0.25) is 14.4 Å². The Morgan fingerprint density at radius 3 is 2.42 bits per heavy atom. The summed E-state index contributed by atoms with van der Waals surface area (Å²) in [7, 11) is 0.